The summed E-state index contributed by atoms with van der Waals surface area (Å²) in [5.74, 6) is 0.707. The molecule has 3 aromatic carbocycles. The van der Waals surface area contributed by atoms with Crippen molar-refractivity contribution in [1.82, 2.24) is 0 Å². The molecule has 3 aromatic rings. The average molecular weight is 643 g/mol. The number of hydrogen-bond acceptors (Lipinski definition) is 6. The molecule has 0 aromatic heterocycles. The maximum atomic E-state index is 12.7. The molecule has 0 aliphatic carbocycles. The highest BCUT2D eigenvalue weighted by molar-refractivity contribution is 5.91. The number of rotatable bonds is 25. The van der Waals surface area contributed by atoms with Crippen molar-refractivity contribution in [3.8, 4) is 11.5 Å². The van der Waals surface area contributed by atoms with Crippen LogP contribution in [0.1, 0.15) is 111 Å². The molecule has 0 amide bonds. The smallest absolute Gasteiger partial charge is 0.343 e. The zero-order valence-electron chi connectivity index (χ0n) is 28.4. The van der Waals surface area contributed by atoms with Gasteiger partial charge in [-0.3, -0.25) is 0 Å². The molecule has 0 heterocycles. The van der Waals surface area contributed by atoms with E-state index in [9.17, 15) is 9.59 Å². The van der Waals surface area contributed by atoms with E-state index in [0.29, 0.717) is 17.9 Å². The molecule has 0 fully saturated rings. The highest BCUT2D eigenvalue weighted by Gasteiger charge is 2.09. The second-order valence-corrected chi connectivity index (χ2v) is 12.1. The second-order valence-electron chi connectivity index (χ2n) is 12.1. The summed E-state index contributed by atoms with van der Waals surface area (Å²) in [7, 11) is 0. The Hall–Kier alpha value is -3.90. The Bertz CT molecular complexity index is 1280. The predicted octanol–water partition coefficient (Wildman–Crippen LogP) is 10.0. The number of ether oxygens (including phenoxy) is 4. The van der Waals surface area contributed by atoms with Crippen LogP contribution in [0.15, 0.2) is 85.5 Å². The fraction of sp³-hybridized carbons (Fsp3) is 0.463. The lowest BCUT2D eigenvalue weighted by atomic mass is 10.0. The van der Waals surface area contributed by atoms with Crippen molar-refractivity contribution >= 4 is 11.9 Å². The molecule has 0 atom stereocenters. The highest BCUT2D eigenvalue weighted by Crippen LogP contribution is 2.19. The van der Waals surface area contributed by atoms with Gasteiger partial charge in [-0.15, -0.1) is 0 Å². The summed E-state index contributed by atoms with van der Waals surface area (Å²) in [6, 6.07) is 24.0. The van der Waals surface area contributed by atoms with E-state index in [1.54, 1.807) is 0 Å². The minimum atomic E-state index is -0.455. The third-order valence-electron chi connectivity index (χ3n) is 8.17. The van der Waals surface area contributed by atoms with Gasteiger partial charge in [-0.1, -0.05) is 108 Å². The van der Waals surface area contributed by atoms with E-state index < -0.39 is 5.97 Å². The van der Waals surface area contributed by atoms with Crippen LogP contribution in [-0.2, 0) is 33.5 Å². The van der Waals surface area contributed by atoms with Gasteiger partial charge in [0.05, 0.1) is 18.8 Å². The lowest BCUT2D eigenvalue weighted by Gasteiger charge is -2.08. The Kier molecular flexibility index (Phi) is 18.7. The number of esters is 2. The number of hydrogen-bond donors (Lipinski definition) is 0. The zero-order valence-corrected chi connectivity index (χ0v) is 28.4. The first-order valence-corrected chi connectivity index (χ1v) is 17.6. The van der Waals surface area contributed by atoms with Crippen molar-refractivity contribution in [3.63, 3.8) is 0 Å². The van der Waals surface area contributed by atoms with E-state index in [1.807, 2.05) is 48.5 Å². The molecule has 0 saturated heterocycles. The van der Waals surface area contributed by atoms with Crippen molar-refractivity contribution in [2.75, 3.05) is 20.0 Å². The third kappa shape index (κ3) is 16.5. The normalized spacial score (nSPS) is 10.8. The molecule has 0 saturated carbocycles. The second kappa shape index (κ2) is 23.4. The van der Waals surface area contributed by atoms with E-state index in [0.717, 1.165) is 63.4 Å². The van der Waals surface area contributed by atoms with E-state index >= 15 is 0 Å². The molecular formula is C41H54O6. The van der Waals surface area contributed by atoms with Gasteiger partial charge >= 0.3 is 11.9 Å². The Morgan fingerprint density at radius 3 is 1.72 bits per heavy atom. The molecule has 3 rings (SSSR count). The number of unbranched alkanes of at least 4 members (excludes halogenated alkanes) is 10. The molecular weight excluding hydrogens is 588 g/mol. The molecule has 254 valence electrons. The SMILES string of the molecule is C=CC(=O)OCOCCCCCCCCCCc1ccc(C(=O)Oc2ccc(CCc3ccc(OCCCCCC)cc3)cc2)cc1. The Morgan fingerprint density at radius 1 is 0.596 bits per heavy atom. The van der Waals surface area contributed by atoms with Crippen LogP contribution in [0.3, 0.4) is 0 Å². The predicted molar refractivity (Wildman–Crippen MR) is 189 cm³/mol. The number of aryl methyl sites for hydroxylation is 3. The van der Waals surface area contributed by atoms with Gasteiger partial charge in [-0.2, -0.15) is 0 Å². The lowest BCUT2D eigenvalue weighted by Crippen LogP contribution is -2.08. The van der Waals surface area contributed by atoms with E-state index in [2.05, 4.69) is 37.8 Å². The molecule has 0 aliphatic heterocycles. The topological polar surface area (TPSA) is 71.1 Å². The maximum absolute atomic E-state index is 12.7. The standard InChI is InChI=1S/C41H54O6/c1-3-5-6-15-32-45-38-27-21-35(22-28-38)17-18-36-23-29-39(30-24-36)47-41(43)37-25-19-34(20-26-37)16-13-11-9-7-8-10-12-14-31-44-33-46-40(42)4-2/h4,19-30H,2-3,5-18,31-33H2,1H3. The first-order chi connectivity index (χ1) is 23.1. The fourth-order valence-corrected chi connectivity index (χ4v) is 5.27. The molecule has 0 radical (unpaired) electrons. The summed E-state index contributed by atoms with van der Waals surface area (Å²) in [6.45, 7) is 6.96. The van der Waals surface area contributed by atoms with E-state index in [1.165, 1.54) is 68.1 Å². The van der Waals surface area contributed by atoms with Crippen molar-refractivity contribution in [3.05, 3.63) is 108 Å². The summed E-state index contributed by atoms with van der Waals surface area (Å²) in [5, 5.41) is 0. The molecule has 0 unspecified atom stereocenters. The molecule has 6 nitrogen and oxygen atoms in total. The third-order valence-corrected chi connectivity index (χ3v) is 8.17. The van der Waals surface area contributed by atoms with Gasteiger partial charge in [0.15, 0.2) is 6.79 Å². The Balaban J connectivity index is 1.24. The van der Waals surface area contributed by atoms with Crippen molar-refractivity contribution < 1.29 is 28.5 Å². The van der Waals surface area contributed by atoms with Gasteiger partial charge in [-0.25, -0.2) is 9.59 Å². The molecule has 0 N–H and O–H groups in total. The van der Waals surface area contributed by atoms with Crippen LogP contribution in [0.25, 0.3) is 0 Å². The molecule has 0 spiro atoms. The summed E-state index contributed by atoms with van der Waals surface area (Å²) < 4.78 is 21.5. The summed E-state index contributed by atoms with van der Waals surface area (Å²) in [5.41, 5.74) is 4.29. The average Bonchev–Trinajstić information content (AvgIpc) is 3.10. The Labute approximate surface area is 282 Å². The van der Waals surface area contributed by atoms with Gasteiger partial charge in [0, 0.05) is 6.08 Å². The fourth-order valence-electron chi connectivity index (χ4n) is 5.27. The van der Waals surface area contributed by atoms with E-state index in [4.69, 9.17) is 18.9 Å². The van der Waals surface area contributed by atoms with Crippen LogP contribution >= 0.6 is 0 Å². The molecule has 0 bridgehead atoms. The van der Waals surface area contributed by atoms with E-state index in [-0.39, 0.29) is 12.8 Å². The Morgan fingerprint density at radius 2 is 1.11 bits per heavy atom. The summed E-state index contributed by atoms with van der Waals surface area (Å²) in [6.07, 6.45) is 18.2. The molecule has 0 aliphatic rings. The zero-order chi connectivity index (χ0) is 33.4. The van der Waals surface area contributed by atoms with Crippen molar-refractivity contribution in [2.45, 2.75) is 103 Å². The van der Waals surface area contributed by atoms with Gasteiger partial charge in [0.1, 0.15) is 11.5 Å². The first-order valence-electron chi connectivity index (χ1n) is 17.6. The van der Waals surface area contributed by atoms with Gasteiger partial charge in [0.25, 0.3) is 0 Å². The number of benzene rings is 3. The first kappa shape index (κ1) is 37.6. The maximum Gasteiger partial charge on any atom is 0.343 e. The molecule has 6 heteroatoms. The minimum absolute atomic E-state index is 0.000117. The van der Waals surface area contributed by atoms with Crippen LogP contribution < -0.4 is 9.47 Å². The van der Waals surface area contributed by atoms with Crippen molar-refractivity contribution in [2.24, 2.45) is 0 Å². The number of carbonyl (C=O) groups is 2. The van der Waals surface area contributed by atoms with Crippen molar-refractivity contribution in [1.29, 1.82) is 0 Å². The van der Waals surface area contributed by atoms with Gasteiger partial charge < -0.3 is 18.9 Å². The number of carbonyl (C=O) groups excluding carboxylic acids is 2. The van der Waals surface area contributed by atoms with Crippen LogP contribution in [0.5, 0.6) is 11.5 Å². The quantitative estimate of drug-likeness (QED) is 0.0301. The summed E-state index contributed by atoms with van der Waals surface area (Å²) in [4.78, 5) is 23.6. The van der Waals surface area contributed by atoms with Gasteiger partial charge in [0.2, 0.25) is 0 Å². The largest absolute Gasteiger partial charge is 0.494 e. The van der Waals surface area contributed by atoms with Crippen LogP contribution in [0.2, 0.25) is 0 Å². The lowest BCUT2D eigenvalue weighted by molar-refractivity contribution is -0.150. The monoisotopic (exact) mass is 642 g/mol. The molecule has 47 heavy (non-hydrogen) atoms. The van der Waals surface area contributed by atoms with Crippen LogP contribution in [0, 0.1) is 0 Å². The van der Waals surface area contributed by atoms with Gasteiger partial charge in [-0.05, 0) is 91.6 Å². The van der Waals surface area contributed by atoms with Crippen LogP contribution in [-0.4, -0.2) is 31.9 Å². The highest BCUT2D eigenvalue weighted by atomic mass is 16.7. The summed E-state index contributed by atoms with van der Waals surface area (Å²) >= 11 is 0. The van der Waals surface area contributed by atoms with Crippen LogP contribution in [0.4, 0.5) is 0 Å². The minimum Gasteiger partial charge on any atom is -0.494 e.